The van der Waals surface area contributed by atoms with Gasteiger partial charge in [0, 0.05) is 46.9 Å². The third-order valence-electron chi connectivity index (χ3n) is 9.26. The molecule has 1 saturated carbocycles. The van der Waals surface area contributed by atoms with Crippen molar-refractivity contribution in [2.24, 2.45) is 5.92 Å². The van der Waals surface area contributed by atoms with Crippen LogP contribution in [-0.2, 0) is 10.3 Å². The van der Waals surface area contributed by atoms with Gasteiger partial charge < -0.3 is 20.5 Å². The smallest absolute Gasteiger partial charge is 0.339 e. The number of hydrogen-bond donors (Lipinski definition) is 3. The lowest BCUT2D eigenvalue weighted by Gasteiger charge is -2.41. The summed E-state index contributed by atoms with van der Waals surface area (Å²) in [5, 5.41) is 16.9. The van der Waals surface area contributed by atoms with E-state index in [1.807, 2.05) is 6.07 Å². The van der Waals surface area contributed by atoms with E-state index >= 15 is 4.39 Å². The summed E-state index contributed by atoms with van der Waals surface area (Å²) >= 11 is 12.7. The fraction of sp³-hybridized carbons (Fsp3) is 0.355. The fourth-order valence-corrected chi connectivity index (χ4v) is 7.75. The van der Waals surface area contributed by atoms with Gasteiger partial charge in [0.05, 0.1) is 12.1 Å². The van der Waals surface area contributed by atoms with E-state index in [1.165, 1.54) is 13.2 Å². The lowest BCUT2D eigenvalue weighted by molar-refractivity contribution is -0.128. The molecule has 1 spiro atoms. The lowest BCUT2D eigenvalue weighted by Crippen LogP contribution is -2.53. The minimum atomic E-state index is -1.16. The second-order valence-electron chi connectivity index (χ2n) is 11.4. The number of halogens is 3. The number of hydrogen-bond acceptors (Lipinski definition) is 5. The molecule has 0 unspecified atom stereocenters. The summed E-state index contributed by atoms with van der Waals surface area (Å²) in [5.74, 6) is -1.66. The zero-order valence-corrected chi connectivity index (χ0v) is 23.7. The van der Waals surface area contributed by atoms with Gasteiger partial charge >= 0.3 is 5.97 Å². The zero-order chi connectivity index (χ0) is 28.6. The summed E-state index contributed by atoms with van der Waals surface area (Å²) in [6.45, 7) is 0.699. The van der Waals surface area contributed by atoms with Crippen molar-refractivity contribution in [3.05, 3.63) is 92.7 Å². The van der Waals surface area contributed by atoms with Crippen LogP contribution in [0.2, 0.25) is 10.0 Å². The monoisotopic (exact) mass is 595 g/mol. The van der Waals surface area contributed by atoms with Crippen molar-refractivity contribution in [2.45, 2.75) is 48.8 Å². The number of anilines is 1. The van der Waals surface area contributed by atoms with Crippen molar-refractivity contribution in [1.82, 2.24) is 10.2 Å². The molecule has 4 aliphatic rings. The van der Waals surface area contributed by atoms with Gasteiger partial charge in [-0.3, -0.25) is 9.69 Å². The van der Waals surface area contributed by atoms with Gasteiger partial charge in [0.1, 0.15) is 22.7 Å². The number of carbonyl (C=O) groups excluding carboxylic acids is 1. The normalized spacial score (nSPS) is 28.5. The molecule has 7 nitrogen and oxygen atoms in total. The van der Waals surface area contributed by atoms with Crippen molar-refractivity contribution in [1.29, 1.82) is 0 Å². The molecule has 3 aromatic carbocycles. The van der Waals surface area contributed by atoms with Crippen molar-refractivity contribution in [2.75, 3.05) is 19.0 Å². The Morgan fingerprint density at radius 3 is 2.71 bits per heavy atom. The Hall–Kier alpha value is -3.17. The Kier molecular flexibility index (Phi) is 6.32. The standard InChI is InChI=1S/C31H28Cl2FN3O4/c1-41-25-11-16(7-9-18(25)29(38)39)22-13-24-28(35-22)26(19-3-2-4-21(33)27(19)34)31(37(24)14-15-5-6-15)20-10-8-17(32)12-23(20)36-30(31)40/h2-4,7-12,15,22,24,26,28,35H,5-6,13-14H2,1H3,(H,36,40)(H,38,39)/t22-,24+,26+,28-,31-/m1/s1. The van der Waals surface area contributed by atoms with Crippen molar-refractivity contribution < 1.29 is 23.8 Å². The SMILES string of the molecule is COc1cc([C@H]2C[C@H]3[C@@H](N2)[C@H](c2cccc(Cl)c2F)[C@]2(C(=O)Nc4cc(Cl)ccc42)N3CC2CC2)ccc1C(=O)O. The Bertz CT molecular complexity index is 1600. The van der Waals surface area contributed by atoms with Crippen LogP contribution < -0.4 is 15.4 Å². The number of nitrogens with one attached hydrogen (secondary N) is 2. The molecule has 0 bridgehead atoms. The van der Waals surface area contributed by atoms with Gasteiger partial charge in [0.25, 0.3) is 0 Å². The Balaban J connectivity index is 1.39. The first-order valence-electron chi connectivity index (χ1n) is 13.7. The molecule has 10 heteroatoms. The second-order valence-corrected chi connectivity index (χ2v) is 12.3. The van der Waals surface area contributed by atoms with E-state index in [0.717, 1.165) is 24.0 Å². The number of nitrogens with zero attached hydrogens (tertiary/aromatic N) is 1. The first-order chi connectivity index (χ1) is 19.7. The van der Waals surface area contributed by atoms with Crippen LogP contribution in [0.1, 0.15) is 58.3 Å². The summed E-state index contributed by atoms with van der Waals surface area (Å²) in [7, 11) is 1.45. The van der Waals surface area contributed by atoms with E-state index in [1.54, 1.807) is 42.5 Å². The maximum absolute atomic E-state index is 16.0. The van der Waals surface area contributed by atoms with Crippen LogP contribution in [0.15, 0.2) is 54.6 Å². The first-order valence-corrected chi connectivity index (χ1v) is 14.5. The molecule has 3 aromatic rings. The number of ether oxygens (including phenoxy) is 1. The number of benzene rings is 3. The topological polar surface area (TPSA) is 90.9 Å². The van der Waals surface area contributed by atoms with Crippen LogP contribution in [0.25, 0.3) is 0 Å². The van der Waals surface area contributed by atoms with Gasteiger partial charge in [-0.05, 0) is 66.6 Å². The van der Waals surface area contributed by atoms with Crippen molar-refractivity contribution >= 4 is 40.8 Å². The largest absolute Gasteiger partial charge is 0.496 e. The summed E-state index contributed by atoms with van der Waals surface area (Å²) in [6, 6.07) is 14.9. The maximum Gasteiger partial charge on any atom is 0.339 e. The molecule has 3 heterocycles. The second kappa shape index (κ2) is 9.70. The van der Waals surface area contributed by atoms with E-state index in [0.29, 0.717) is 35.2 Å². The average molecular weight is 596 g/mol. The van der Waals surface area contributed by atoms with Crippen molar-refractivity contribution in [3.8, 4) is 5.75 Å². The van der Waals surface area contributed by atoms with Gasteiger partial charge in [0.15, 0.2) is 0 Å². The van der Waals surface area contributed by atoms with E-state index < -0.39 is 23.2 Å². The number of aromatic carboxylic acids is 1. The molecule has 2 saturated heterocycles. The highest BCUT2D eigenvalue weighted by atomic mass is 35.5. The number of fused-ring (bicyclic) bond motifs is 3. The summed E-state index contributed by atoms with van der Waals surface area (Å²) in [4.78, 5) is 28.3. The minimum absolute atomic E-state index is 0.00752. The van der Waals surface area contributed by atoms with E-state index in [4.69, 9.17) is 27.9 Å². The number of methoxy groups -OCH3 is 1. The molecule has 1 aliphatic carbocycles. The predicted octanol–water partition coefficient (Wildman–Crippen LogP) is 5.97. The molecule has 7 rings (SSSR count). The maximum atomic E-state index is 16.0. The van der Waals surface area contributed by atoms with E-state index in [2.05, 4.69) is 15.5 Å². The molecule has 1 amide bonds. The van der Waals surface area contributed by atoms with Gasteiger partial charge in [-0.1, -0.05) is 47.5 Å². The van der Waals surface area contributed by atoms with Crippen LogP contribution in [0.5, 0.6) is 5.75 Å². The molecule has 0 aromatic heterocycles. The summed E-state index contributed by atoms with van der Waals surface area (Å²) in [6.07, 6.45) is 2.81. The van der Waals surface area contributed by atoms with Crippen LogP contribution in [0.3, 0.4) is 0 Å². The van der Waals surface area contributed by atoms with Gasteiger partial charge in [-0.15, -0.1) is 0 Å². The molecular weight excluding hydrogens is 568 g/mol. The molecule has 3 aliphatic heterocycles. The third-order valence-corrected chi connectivity index (χ3v) is 9.79. The molecule has 3 fully saturated rings. The lowest BCUT2D eigenvalue weighted by atomic mass is 9.73. The van der Waals surface area contributed by atoms with Crippen LogP contribution in [-0.4, -0.2) is 47.6 Å². The molecule has 3 N–H and O–H groups in total. The number of amides is 1. The molecule has 212 valence electrons. The van der Waals surface area contributed by atoms with Gasteiger partial charge in [0.2, 0.25) is 5.91 Å². The number of rotatable bonds is 6. The van der Waals surface area contributed by atoms with E-state index in [-0.39, 0.29) is 40.4 Å². The first kappa shape index (κ1) is 26.7. The highest BCUT2D eigenvalue weighted by Gasteiger charge is 2.69. The zero-order valence-electron chi connectivity index (χ0n) is 22.2. The minimum Gasteiger partial charge on any atom is -0.496 e. The molecular formula is C31H28Cl2FN3O4. The Morgan fingerprint density at radius 1 is 1.17 bits per heavy atom. The Labute approximate surface area is 246 Å². The fourth-order valence-electron chi connectivity index (χ4n) is 7.40. The highest BCUT2D eigenvalue weighted by molar-refractivity contribution is 6.31. The average Bonchev–Trinajstić information content (AvgIpc) is 3.52. The van der Waals surface area contributed by atoms with Crippen LogP contribution in [0, 0.1) is 11.7 Å². The predicted molar refractivity (Wildman–Crippen MR) is 153 cm³/mol. The number of carboxylic acids is 1. The van der Waals surface area contributed by atoms with Crippen molar-refractivity contribution in [3.63, 3.8) is 0 Å². The number of carbonyl (C=O) groups is 2. The quantitative estimate of drug-likeness (QED) is 0.325. The molecule has 0 radical (unpaired) electrons. The highest BCUT2D eigenvalue weighted by Crippen LogP contribution is 2.61. The van der Waals surface area contributed by atoms with Gasteiger partial charge in [-0.2, -0.15) is 0 Å². The van der Waals surface area contributed by atoms with Crippen LogP contribution >= 0.6 is 23.2 Å². The summed E-state index contributed by atoms with van der Waals surface area (Å²) < 4.78 is 21.3. The number of carboxylic acid groups (broad SMARTS) is 1. The van der Waals surface area contributed by atoms with E-state index in [9.17, 15) is 14.7 Å². The molecule has 5 atom stereocenters. The van der Waals surface area contributed by atoms with Crippen LogP contribution in [0.4, 0.5) is 10.1 Å². The molecule has 41 heavy (non-hydrogen) atoms. The summed E-state index contributed by atoms with van der Waals surface area (Å²) in [5.41, 5.74) is 1.61. The number of likely N-dealkylation sites (tertiary alicyclic amines) is 1. The Morgan fingerprint density at radius 2 is 1.98 bits per heavy atom. The van der Waals surface area contributed by atoms with Gasteiger partial charge in [-0.25, -0.2) is 9.18 Å². The third kappa shape index (κ3) is 3.99.